The molecule has 4 heteroatoms. The summed E-state index contributed by atoms with van der Waals surface area (Å²) in [6.45, 7) is 5.38. The van der Waals surface area contributed by atoms with Crippen LogP contribution in [0.3, 0.4) is 0 Å². The van der Waals surface area contributed by atoms with E-state index in [0.29, 0.717) is 11.6 Å². The van der Waals surface area contributed by atoms with Gasteiger partial charge in [-0.3, -0.25) is 4.99 Å². The monoisotopic (exact) mass is 291 g/mol. The minimum Gasteiger partial charge on any atom is -0.403 e. The molecule has 0 saturated carbocycles. The molecule has 1 heterocycles. The summed E-state index contributed by atoms with van der Waals surface area (Å²) in [6, 6.07) is 0. The Morgan fingerprint density at radius 1 is 1.55 bits per heavy atom. The molecule has 0 unspecified atom stereocenters. The summed E-state index contributed by atoms with van der Waals surface area (Å²) in [5.41, 5.74) is 7.71. The normalized spacial score (nSPS) is 22.1. The molecule has 3 nitrogen and oxygen atoms in total. The van der Waals surface area contributed by atoms with Crippen LogP contribution in [-0.2, 0) is 0 Å². The van der Waals surface area contributed by atoms with Crippen molar-refractivity contribution in [2.45, 2.75) is 20.3 Å². The lowest BCUT2D eigenvalue weighted by molar-refractivity contribution is 1.01. The van der Waals surface area contributed by atoms with Crippen molar-refractivity contribution in [3.05, 3.63) is 58.8 Å². The molecule has 108 valence electrons. The number of aliphatic imine (C=N–C) groups is 1. The number of nitrogens with one attached hydrogen (secondary N) is 1. The van der Waals surface area contributed by atoms with Crippen molar-refractivity contribution >= 4 is 17.4 Å². The Hall–Kier alpha value is -1.74. The van der Waals surface area contributed by atoms with Crippen molar-refractivity contribution < 1.29 is 0 Å². The Balaban J connectivity index is 2.87. The molecule has 0 bridgehead atoms. The van der Waals surface area contributed by atoms with Crippen LogP contribution in [0.4, 0.5) is 0 Å². The Kier molecular flexibility index (Phi) is 7.51. The second-order valence-corrected chi connectivity index (χ2v) is 4.80. The predicted octanol–water partition coefficient (Wildman–Crippen LogP) is 3.42. The number of amidine groups is 1. The van der Waals surface area contributed by atoms with Gasteiger partial charge in [0, 0.05) is 12.7 Å². The molecule has 1 aliphatic heterocycles. The summed E-state index contributed by atoms with van der Waals surface area (Å²) >= 11 is 6.16. The zero-order chi connectivity index (χ0) is 14.8. The van der Waals surface area contributed by atoms with Crippen LogP contribution < -0.4 is 11.1 Å². The quantitative estimate of drug-likeness (QED) is 0.780. The SMILES string of the molecule is C/C=C/C=C(CC1=C/CNC(C)=NC/C=C\1)\C(Cl)=C\N. The van der Waals surface area contributed by atoms with E-state index < -0.39 is 0 Å². The van der Waals surface area contributed by atoms with E-state index in [0.717, 1.165) is 24.4 Å². The summed E-state index contributed by atoms with van der Waals surface area (Å²) in [5, 5.41) is 3.82. The summed E-state index contributed by atoms with van der Waals surface area (Å²) in [5.74, 6) is 0.955. The van der Waals surface area contributed by atoms with Gasteiger partial charge in [0.1, 0.15) is 0 Å². The zero-order valence-electron chi connectivity index (χ0n) is 12.1. The number of allylic oxidation sites excluding steroid dienone is 7. The van der Waals surface area contributed by atoms with E-state index in [9.17, 15) is 0 Å². The first-order valence-corrected chi connectivity index (χ1v) is 7.05. The molecule has 0 aliphatic carbocycles. The van der Waals surface area contributed by atoms with Crippen molar-refractivity contribution in [3.63, 3.8) is 0 Å². The molecule has 0 radical (unpaired) electrons. The Morgan fingerprint density at radius 3 is 3.05 bits per heavy atom. The van der Waals surface area contributed by atoms with Crippen LogP contribution >= 0.6 is 11.6 Å². The fraction of sp³-hybridized carbons (Fsp3) is 0.312. The van der Waals surface area contributed by atoms with Gasteiger partial charge < -0.3 is 11.1 Å². The molecule has 0 spiro atoms. The maximum Gasteiger partial charge on any atom is 0.0937 e. The van der Waals surface area contributed by atoms with Crippen molar-refractivity contribution in [2.75, 3.05) is 13.1 Å². The van der Waals surface area contributed by atoms with Gasteiger partial charge in [-0.2, -0.15) is 0 Å². The smallest absolute Gasteiger partial charge is 0.0937 e. The van der Waals surface area contributed by atoms with Gasteiger partial charge in [-0.25, -0.2) is 0 Å². The van der Waals surface area contributed by atoms with Crippen LogP contribution in [0, 0.1) is 0 Å². The second-order valence-electron chi connectivity index (χ2n) is 4.40. The van der Waals surface area contributed by atoms with Crippen LogP contribution in [-0.4, -0.2) is 18.9 Å². The lowest BCUT2D eigenvalue weighted by Crippen LogP contribution is -2.20. The maximum absolute atomic E-state index is 6.16. The van der Waals surface area contributed by atoms with Gasteiger partial charge in [0.15, 0.2) is 0 Å². The molecular formula is C16H22ClN3. The molecular weight excluding hydrogens is 270 g/mol. The fourth-order valence-corrected chi connectivity index (χ4v) is 1.87. The average Bonchev–Trinajstić information content (AvgIpc) is 2.55. The molecule has 0 saturated heterocycles. The zero-order valence-corrected chi connectivity index (χ0v) is 12.8. The van der Waals surface area contributed by atoms with Gasteiger partial charge in [-0.05, 0) is 31.4 Å². The Labute approximate surface area is 126 Å². The van der Waals surface area contributed by atoms with Crippen molar-refractivity contribution in [1.29, 1.82) is 0 Å². The highest BCUT2D eigenvalue weighted by molar-refractivity contribution is 6.32. The molecule has 0 fully saturated rings. The topological polar surface area (TPSA) is 50.4 Å². The van der Waals surface area contributed by atoms with Gasteiger partial charge in [-0.15, -0.1) is 0 Å². The fourth-order valence-electron chi connectivity index (χ4n) is 1.74. The molecule has 1 aliphatic rings. The largest absolute Gasteiger partial charge is 0.403 e. The first-order chi connectivity index (χ1) is 9.67. The summed E-state index contributed by atoms with van der Waals surface area (Å²) in [7, 11) is 0. The minimum atomic E-state index is 0.581. The van der Waals surface area contributed by atoms with Crippen LogP contribution in [0.25, 0.3) is 0 Å². The minimum absolute atomic E-state index is 0.581. The number of hydrogen-bond donors (Lipinski definition) is 2. The van der Waals surface area contributed by atoms with Gasteiger partial charge >= 0.3 is 0 Å². The van der Waals surface area contributed by atoms with Crippen LogP contribution in [0.2, 0.25) is 0 Å². The predicted molar refractivity (Wildman–Crippen MR) is 88.8 cm³/mol. The first-order valence-electron chi connectivity index (χ1n) is 6.67. The summed E-state index contributed by atoms with van der Waals surface area (Å²) in [6.07, 6.45) is 14.4. The van der Waals surface area contributed by atoms with Crippen LogP contribution in [0.1, 0.15) is 20.3 Å². The van der Waals surface area contributed by atoms with E-state index in [4.69, 9.17) is 17.3 Å². The van der Waals surface area contributed by atoms with Crippen LogP contribution in [0.15, 0.2) is 63.8 Å². The van der Waals surface area contributed by atoms with E-state index in [-0.39, 0.29) is 0 Å². The molecule has 0 aromatic heterocycles. The number of hydrogen-bond acceptors (Lipinski definition) is 3. The van der Waals surface area contributed by atoms with Crippen LogP contribution in [0.5, 0.6) is 0 Å². The molecule has 0 amide bonds. The highest BCUT2D eigenvalue weighted by atomic mass is 35.5. The van der Waals surface area contributed by atoms with E-state index in [1.807, 2.05) is 32.1 Å². The third kappa shape index (κ3) is 5.93. The Bertz CT molecular complexity index is 494. The van der Waals surface area contributed by atoms with Gasteiger partial charge in [-0.1, -0.05) is 48.1 Å². The molecule has 1 rings (SSSR count). The summed E-state index contributed by atoms with van der Waals surface area (Å²) < 4.78 is 0. The molecule has 0 aromatic carbocycles. The van der Waals surface area contributed by atoms with Crippen molar-refractivity contribution in [1.82, 2.24) is 5.32 Å². The molecule has 3 N–H and O–H groups in total. The van der Waals surface area contributed by atoms with E-state index >= 15 is 0 Å². The van der Waals surface area contributed by atoms with E-state index in [1.165, 1.54) is 11.8 Å². The van der Waals surface area contributed by atoms with E-state index in [2.05, 4.69) is 28.5 Å². The summed E-state index contributed by atoms with van der Waals surface area (Å²) in [4.78, 5) is 4.36. The third-order valence-electron chi connectivity index (χ3n) is 2.83. The standard InChI is InChI=1S/C16H22ClN3/c1-3-4-7-15(16(17)12-18)11-14-6-5-9-19-13(2)20-10-8-14/h3-8,12H,9-11,18H2,1-2H3,(H,19,20)/b4-3+,6-5-,14-8+,15-7-,16-12-. The highest BCUT2D eigenvalue weighted by Crippen LogP contribution is 2.22. The van der Waals surface area contributed by atoms with Gasteiger partial charge in [0.2, 0.25) is 0 Å². The van der Waals surface area contributed by atoms with Gasteiger partial charge in [0.25, 0.3) is 0 Å². The highest BCUT2D eigenvalue weighted by Gasteiger charge is 2.04. The Morgan fingerprint density at radius 2 is 2.35 bits per heavy atom. The third-order valence-corrected chi connectivity index (χ3v) is 3.19. The average molecular weight is 292 g/mol. The first kappa shape index (κ1) is 16.3. The number of halogens is 1. The lowest BCUT2D eigenvalue weighted by Gasteiger charge is -2.07. The van der Waals surface area contributed by atoms with E-state index in [1.54, 1.807) is 0 Å². The van der Waals surface area contributed by atoms with Crippen molar-refractivity contribution in [2.24, 2.45) is 10.7 Å². The second kappa shape index (κ2) is 9.21. The lowest BCUT2D eigenvalue weighted by atomic mass is 10.0. The number of rotatable bonds is 4. The molecule has 0 atom stereocenters. The number of nitrogens with two attached hydrogens (primary N) is 1. The van der Waals surface area contributed by atoms with Gasteiger partial charge in [0.05, 0.1) is 17.4 Å². The van der Waals surface area contributed by atoms with Crippen molar-refractivity contribution in [3.8, 4) is 0 Å². The maximum atomic E-state index is 6.16. The number of nitrogens with zero attached hydrogens (tertiary/aromatic N) is 1. The molecule has 20 heavy (non-hydrogen) atoms. The molecule has 0 aromatic rings.